The maximum absolute atomic E-state index is 5.98. The van der Waals surface area contributed by atoms with Gasteiger partial charge in [0, 0.05) is 11.0 Å². The van der Waals surface area contributed by atoms with Crippen LogP contribution in [0.2, 0.25) is 0 Å². The molecule has 1 rings (SSSR count). The lowest BCUT2D eigenvalue weighted by molar-refractivity contribution is -0.0193. The van der Waals surface area contributed by atoms with Crippen LogP contribution in [0, 0.1) is 0 Å². The summed E-state index contributed by atoms with van der Waals surface area (Å²) < 4.78 is 22.4. The van der Waals surface area contributed by atoms with Gasteiger partial charge in [-0.3, -0.25) is 0 Å². The zero-order valence-electron chi connectivity index (χ0n) is 12.7. The van der Waals surface area contributed by atoms with Crippen molar-refractivity contribution in [2.45, 2.75) is 48.6 Å². The fourth-order valence-electron chi connectivity index (χ4n) is 2.32. The van der Waals surface area contributed by atoms with Gasteiger partial charge in [-0.1, -0.05) is 48.3 Å². The van der Waals surface area contributed by atoms with E-state index in [1.807, 2.05) is 0 Å². The number of halogens is 1. The summed E-state index contributed by atoms with van der Waals surface area (Å²) >= 11 is 2.55. The molecule has 0 aliphatic heterocycles. The largest absolute Gasteiger partial charge is 0.382 e. The van der Waals surface area contributed by atoms with Crippen LogP contribution in [0.5, 0.6) is 0 Å². The highest BCUT2D eigenvalue weighted by Crippen LogP contribution is 2.25. The molecule has 0 amide bonds. The van der Waals surface area contributed by atoms with Gasteiger partial charge in [-0.25, -0.2) is 0 Å². The van der Waals surface area contributed by atoms with E-state index in [4.69, 9.17) is 18.9 Å². The second kappa shape index (κ2) is 13.2. The Kier molecular flexibility index (Phi) is 12.3. The summed E-state index contributed by atoms with van der Waals surface area (Å²) in [7, 11) is 1.67. The molecule has 5 heteroatoms. The number of rotatable bonds is 10. The highest BCUT2D eigenvalue weighted by Gasteiger charge is 2.20. The Bertz CT molecular complexity index is 216. The summed E-state index contributed by atoms with van der Waals surface area (Å²) in [6, 6.07) is 0. The van der Waals surface area contributed by atoms with Crippen molar-refractivity contribution >= 4 is 22.6 Å². The van der Waals surface area contributed by atoms with E-state index in [1.54, 1.807) is 7.11 Å². The lowest BCUT2D eigenvalue weighted by atomic mass is 9.98. The van der Waals surface area contributed by atoms with Crippen molar-refractivity contribution in [3.05, 3.63) is 0 Å². The van der Waals surface area contributed by atoms with Crippen molar-refractivity contribution in [1.82, 2.24) is 0 Å². The molecule has 0 heterocycles. The van der Waals surface area contributed by atoms with Gasteiger partial charge in [-0.2, -0.15) is 0 Å². The molecule has 4 nitrogen and oxygen atoms in total. The first-order chi connectivity index (χ1) is 9.84. The molecule has 20 heavy (non-hydrogen) atoms. The Morgan fingerprint density at radius 2 is 1.40 bits per heavy atom. The van der Waals surface area contributed by atoms with Crippen molar-refractivity contribution in [2.24, 2.45) is 0 Å². The minimum absolute atomic E-state index is 0.414. The van der Waals surface area contributed by atoms with E-state index in [0.717, 1.165) is 0 Å². The van der Waals surface area contributed by atoms with Crippen LogP contribution < -0.4 is 0 Å². The quantitative estimate of drug-likeness (QED) is 0.321. The van der Waals surface area contributed by atoms with E-state index in [9.17, 15) is 0 Å². The van der Waals surface area contributed by atoms with E-state index in [2.05, 4.69) is 22.6 Å². The number of hydrogen-bond donors (Lipinski definition) is 0. The molecule has 0 bridgehead atoms. The third-order valence-electron chi connectivity index (χ3n) is 3.49. The maximum Gasteiger partial charge on any atom is 0.0704 e. The average molecular weight is 400 g/mol. The van der Waals surface area contributed by atoms with E-state index in [1.165, 1.54) is 38.5 Å². The number of alkyl halides is 1. The van der Waals surface area contributed by atoms with Crippen LogP contribution in [0.4, 0.5) is 0 Å². The van der Waals surface area contributed by atoms with E-state index >= 15 is 0 Å². The van der Waals surface area contributed by atoms with E-state index in [0.29, 0.717) is 49.7 Å². The van der Waals surface area contributed by atoms with Crippen molar-refractivity contribution < 1.29 is 18.9 Å². The standard InChI is InChI=1S/C15H29IO4/c1-17-8-9-18-10-11-19-12-13-20-15-7-5-3-2-4-6-14(15)16/h14-15H,2-13H2,1H3. The van der Waals surface area contributed by atoms with Crippen LogP contribution >= 0.6 is 22.6 Å². The second-order valence-electron chi connectivity index (χ2n) is 5.13. The van der Waals surface area contributed by atoms with Crippen LogP contribution in [0.1, 0.15) is 38.5 Å². The Morgan fingerprint density at radius 3 is 2.10 bits per heavy atom. The van der Waals surface area contributed by atoms with Gasteiger partial charge in [-0.05, 0) is 12.8 Å². The van der Waals surface area contributed by atoms with Crippen molar-refractivity contribution in [3.63, 3.8) is 0 Å². The lowest BCUT2D eigenvalue weighted by Crippen LogP contribution is -2.27. The molecule has 0 aromatic rings. The topological polar surface area (TPSA) is 36.9 Å². The Morgan fingerprint density at radius 1 is 0.800 bits per heavy atom. The van der Waals surface area contributed by atoms with Gasteiger partial charge in [0.25, 0.3) is 0 Å². The molecule has 1 aliphatic rings. The fraction of sp³-hybridized carbons (Fsp3) is 1.00. The average Bonchev–Trinajstić information content (AvgIpc) is 2.44. The van der Waals surface area contributed by atoms with Crippen molar-refractivity contribution in [1.29, 1.82) is 0 Å². The molecule has 1 aliphatic carbocycles. The molecule has 0 aromatic carbocycles. The molecule has 2 atom stereocenters. The molecule has 120 valence electrons. The Balaban J connectivity index is 1.93. The zero-order chi connectivity index (χ0) is 14.5. The molecule has 0 N–H and O–H groups in total. The highest BCUT2D eigenvalue weighted by molar-refractivity contribution is 14.1. The lowest BCUT2D eigenvalue weighted by Gasteiger charge is -2.25. The number of hydrogen-bond acceptors (Lipinski definition) is 4. The SMILES string of the molecule is COCCOCCOCCOC1CCCCCCC1I. The summed E-state index contributed by atoms with van der Waals surface area (Å²) in [6.45, 7) is 3.89. The summed E-state index contributed by atoms with van der Waals surface area (Å²) in [4.78, 5) is 0. The minimum atomic E-state index is 0.414. The van der Waals surface area contributed by atoms with Crippen LogP contribution in [0.3, 0.4) is 0 Å². The molecule has 0 spiro atoms. The first kappa shape index (κ1) is 18.6. The van der Waals surface area contributed by atoms with Crippen molar-refractivity contribution in [2.75, 3.05) is 46.8 Å². The predicted molar refractivity (Wildman–Crippen MR) is 88.8 cm³/mol. The summed E-state index contributed by atoms with van der Waals surface area (Å²) in [5, 5.41) is 0. The van der Waals surface area contributed by atoms with Crippen LogP contribution in [-0.4, -0.2) is 56.8 Å². The van der Waals surface area contributed by atoms with Crippen LogP contribution in [0.25, 0.3) is 0 Å². The molecule has 1 saturated carbocycles. The highest BCUT2D eigenvalue weighted by atomic mass is 127. The van der Waals surface area contributed by atoms with Gasteiger partial charge >= 0.3 is 0 Å². The molecule has 1 fully saturated rings. The van der Waals surface area contributed by atoms with Gasteiger partial charge in [0.15, 0.2) is 0 Å². The second-order valence-corrected chi connectivity index (χ2v) is 6.73. The zero-order valence-corrected chi connectivity index (χ0v) is 14.8. The van der Waals surface area contributed by atoms with Gasteiger partial charge < -0.3 is 18.9 Å². The summed E-state index contributed by atoms with van der Waals surface area (Å²) in [5.41, 5.74) is 0. The third-order valence-corrected chi connectivity index (χ3v) is 4.91. The molecular weight excluding hydrogens is 371 g/mol. The smallest absolute Gasteiger partial charge is 0.0704 e. The molecule has 2 unspecified atom stereocenters. The first-order valence-corrected chi connectivity index (χ1v) is 8.99. The summed E-state index contributed by atoms with van der Waals surface area (Å²) in [5.74, 6) is 0. The molecular formula is C15H29IO4. The molecule has 0 saturated heterocycles. The van der Waals surface area contributed by atoms with Gasteiger partial charge in [-0.15, -0.1) is 0 Å². The third kappa shape index (κ3) is 9.50. The Labute approximate surface area is 137 Å². The molecule has 0 radical (unpaired) electrons. The number of methoxy groups -OCH3 is 1. The molecule has 0 aromatic heterocycles. The van der Waals surface area contributed by atoms with Gasteiger partial charge in [0.1, 0.15) is 0 Å². The maximum atomic E-state index is 5.98. The Hall–Kier alpha value is 0.570. The first-order valence-electron chi connectivity index (χ1n) is 7.74. The fourth-order valence-corrected chi connectivity index (χ4v) is 3.32. The number of ether oxygens (including phenoxy) is 4. The normalized spacial score (nSPS) is 24.3. The van der Waals surface area contributed by atoms with Gasteiger partial charge in [0.05, 0.1) is 45.7 Å². The van der Waals surface area contributed by atoms with Crippen LogP contribution in [0.15, 0.2) is 0 Å². The van der Waals surface area contributed by atoms with E-state index in [-0.39, 0.29) is 0 Å². The monoisotopic (exact) mass is 400 g/mol. The van der Waals surface area contributed by atoms with Crippen LogP contribution in [-0.2, 0) is 18.9 Å². The van der Waals surface area contributed by atoms with Gasteiger partial charge in [0.2, 0.25) is 0 Å². The minimum Gasteiger partial charge on any atom is -0.382 e. The predicted octanol–water partition coefficient (Wildman–Crippen LogP) is 3.21. The van der Waals surface area contributed by atoms with E-state index < -0.39 is 0 Å². The summed E-state index contributed by atoms with van der Waals surface area (Å²) in [6.07, 6.45) is 8.31. The van der Waals surface area contributed by atoms with Crippen molar-refractivity contribution in [3.8, 4) is 0 Å².